The van der Waals surface area contributed by atoms with Crippen molar-refractivity contribution in [3.63, 3.8) is 0 Å². The van der Waals surface area contributed by atoms with Crippen molar-refractivity contribution in [3.05, 3.63) is 41.7 Å². The third-order valence-electron chi connectivity index (χ3n) is 6.72. The lowest BCUT2D eigenvalue weighted by molar-refractivity contribution is -0.194. The van der Waals surface area contributed by atoms with Crippen molar-refractivity contribution in [2.24, 2.45) is 5.92 Å². The number of hydrogen-bond donors (Lipinski definition) is 3. The third kappa shape index (κ3) is 3.93. The van der Waals surface area contributed by atoms with Gasteiger partial charge in [0.25, 0.3) is 5.91 Å². The van der Waals surface area contributed by atoms with E-state index in [2.05, 4.69) is 15.6 Å². The average Bonchev–Trinajstić information content (AvgIpc) is 3.44. The highest BCUT2D eigenvalue weighted by Gasteiger charge is 2.60. The number of carbonyl (C=O) groups is 1. The van der Waals surface area contributed by atoms with E-state index in [1.54, 1.807) is 16.8 Å². The summed E-state index contributed by atoms with van der Waals surface area (Å²) in [6.45, 7) is 0.331. The largest absolute Gasteiger partial charge is 0.508 e. The standard InChI is InChI=1S/C22H28N4O5/c27-17-8-4-7-15(10-17)21(28)23-19-13-30-20-18(12-31-22(19,20)29)26-11-16(24-25-26)9-14-5-2-1-3-6-14/h4,7-8,10-11,14,18-20,27,29H,1-3,5-6,9,12-13H2,(H,23,28)/t18-,19-,20+,22+/m0/s1. The minimum absolute atomic E-state index is 0.000645. The average molecular weight is 428 g/mol. The molecule has 9 heteroatoms. The Morgan fingerprint density at radius 3 is 2.90 bits per heavy atom. The molecular formula is C22H28N4O5. The highest BCUT2D eigenvalue weighted by Crippen LogP contribution is 2.41. The van der Waals surface area contributed by atoms with Crippen LogP contribution >= 0.6 is 0 Å². The summed E-state index contributed by atoms with van der Waals surface area (Å²) in [5, 5.41) is 32.1. The van der Waals surface area contributed by atoms with Crippen LogP contribution in [0.25, 0.3) is 0 Å². The molecule has 0 radical (unpaired) electrons. The molecular weight excluding hydrogens is 400 g/mol. The SMILES string of the molecule is O=C(N[C@H]1CO[C@@H]2[C@@H](n3cc(CC4CCCCC4)nn3)CO[C@]12O)c1cccc(O)c1. The molecule has 1 aromatic carbocycles. The second-order valence-corrected chi connectivity index (χ2v) is 8.86. The molecule has 1 aliphatic carbocycles. The zero-order chi connectivity index (χ0) is 21.4. The van der Waals surface area contributed by atoms with Crippen molar-refractivity contribution in [3.8, 4) is 5.75 Å². The van der Waals surface area contributed by atoms with E-state index < -0.39 is 23.8 Å². The van der Waals surface area contributed by atoms with Gasteiger partial charge in [-0.05, 0) is 30.5 Å². The minimum Gasteiger partial charge on any atom is -0.508 e. The number of carbonyl (C=O) groups excluding carboxylic acids is 1. The van der Waals surface area contributed by atoms with Crippen LogP contribution < -0.4 is 5.32 Å². The topological polar surface area (TPSA) is 119 Å². The van der Waals surface area contributed by atoms with E-state index in [1.807, 2.05) is 6.20 Å². The van der Waals surface area contributed by atoms with Gasteiger partial charge in [-0.2, -0.15) is 0 Å². The number of phenolic OH excluding ortho intramolecular Hbond substituents is 1. The molecule has 4 atom stereocenters. The molecule has 0 bridgehead atoms. The number of aromatic hydroxyl groups is 1. The van der Waals surface area contributed by atoms with Crippen LogP contribution in [-0.2, 0) is 15.9 Å². The lowest BCUT2D eigenvalue weighted by Crippen LogP contribution is -2.54. The van der Waals surface area contributed by atoms with Crippen LogP contribution in [0.15, 0.2) is 30.5 Å². The Balaban J connectivity index is 1.25. The molecule has 0 unspecified atom stereocenters. The van der Waals surface area contributed by atoms with Gasteiger partial charge >= 0.3 is 0 Å². The number of ether oxygens (including phenoxy) is 2. The van der Waals surface area contributed by atoms with Gasteiger partial charge in [-0.25, -0.2) is 4.68 Å². The number of rotatable bonds is 5. The molecule has 2 aliphatic heterocycles. The van der Waals surface area contributed by atoms with Crippen LogP contribution in [0, 0.1) is 5.92 Å². The van der Waals surface area contributed by atoms with E-state index in [9.17, 15) is 15.0 Å². The van der Waals surface area contributed by atoms with Crippen molar-refractivity contribution in [1.29, 1.82) is 0 Å². The summed E-state index contributed by atoms with van der Waals surface area (Å²) in [5.41, 5.74) is 1.25. The van der Waals surface area contributed by atoms with Gasteiger partial charge in [0.1, 0.15) is 23.9 Å². The van der Waals surface area contributed by atoms with Gasteiger partial charge in [0, 0.05) is 11.8 Å². The molecule has 5 rings (SSSR count). The second-order valence-electron chi connectivity index (χ2n) is 8.86. The van der Waals surface area contributed by atoms with Crippen molar-refractivity contribution in [1.82, 2.24) is 20.3 Å². The maximum absolute atomic E-state index is 12.6. The van der Waals surface area contributed by atoms with E-state index in [-0.39, 0.29) is 25.0 Å². The number of fused-ring (bicyclic) bond motifs is 1. The lowest BCUT2D eigenvalue weighted by atomic mass is 9.86. The fourth-order valence-electron chi connectivity index (χ4n) is 5.02. The Kier molecular flexibility index (Phi) is 5.41. The lowest BCUT2D eigenvalue weighted by Gasteiger charge is -2.27. The molecule has 3 aliphatic rings. The van der Waals surface area contributed by atoms with Crippen LogP contribution in [0.1, 0.15) is 54.2 Å². The van der Waals surface area contributed by atoms with Gasteiger partial charge < -0.3 is 25.0 Å². The van der Waals surface area contributed by atoms with Gasteiger partial charge in [0.15, 0.2) is 0 Å². The molecule has 3 heterocycles. The van der Waals surface area contributed by atoms with Gasteiger partial charge in [-0.1, -0.05) is 43.4 Å². The molecule has 31 heavy (non-hydrogen) atoms. The first-order valence-electron chi connectivity index (χ1n) is 11.0. The zero-order valence-electron chi connectivity index (χ0n) is 17.3. The van der Waals surface area contributed by atoms with Crippen molar-refractivity contribution >= 4 is 5.91 Å². The Labute approximate surface area is 180 Å². The fourth-order valence-corrected chi connectivity index (χ4v) is 5.02. The van der Waals surface area contributed by atoms with Crippen LogP contribution in [0.4, 0.5) is 0 Å². The van der Waals surface area contributed by atoms with Crippen LogP contribution in [0.3, 0.4) is 0 Å². The van der Waals surface area contributed by atoms with Crippen molar-refractivity contribution in [2.45, 2.75) is 62.5 Å². The van der Waals surface area contributed by atoms with E-state index in [0.29, 0.717) is 11.5 Å². The van der Waals surface area contributed by atoms with Gasteiger partial charge in [0.2, 0.25) is 5.79 Å². The number of phenols is 1. The number of aromatic nitrogens is 3. The first kappa shape index (κ1) is 20.4. The van der Waals surface area contributed by atoms with Crippen LogP contribution in [-0.4, -0.2) is 62.3 Å². The molecule has 1 amide bonds. The number of hydrogen-bond acceptors (Lipinski definition) is 7. The monoisotopic (exact) mass is 428 g/mol. The van der Waals surface area contributed by atoms with Crippen LogP contribution in [0.2, 0.25) is 0 Å². The predicted molar refractivity (Wildman–Crippen MR) is 109 cm³/mol. The summed E-state index contributed by atoms with van der Waals surface area (Å²) in [6.07, 6.45) is 8.57. The molecule has 1 saturated carbocycles. The normalized spacial score (nSPS) is 30.9. The van der Waals surface area contributed by atoms with Gasteiger partial charge in [-0.15, -0.1) is 5.10 Å². The maximum Gasteiger partial charge on any atom is 0.251 e. The summed E-state index contributed by atoms with van der Waals surface area (Å²) in [4.78, 5) is 12.6. The molecule has 3 fully saturated rings. The summed E-state index contributed by atoms with van der Waals surface area (Å²) in [5.74, 6) is -1.40. The summed E-state index contributed by atoms with van der Waals surface area (Å²) < 4.78 is 13.3. The Hall–Kier alpha value is -2.49. The molecule has 9 nitrogen and oxygen atoms in total. The number of nitrogens with one attached hydrogen (secondary N) is 1. The number of aliphatic hydroxyl groups is 1. The number of nitrogens with zero attached hydrogens (tertiary/aromatic N) is 3. The smallest absolute Gasteiger partial charge is 0.251 e. The Bertz CT molecular complexity index is 943. The summed E-state index contributed by atoms with van der Waals surface area (Å²) >= 11 is 0. The quantitative estimate of drug-likeness (QED) is 0.661. The van der Waals surface area contributed by atoms with Crippen molar-refractivity contribution in [2.75, 3.05) is 13.2 Å². The van der Waals surface area contributed by atoms with E-state index in [4.69, 9.17) is 9.47 Å². The molecule has 1 aromatic heterocycles. The first-order valence-corrected chi connectivity index (χ1v) is 11.0. The summed E-state index contributed by atoms with van der Waals surface area (Å²) in [6, 6.07) is 4.99. The fraction of sp³-hybridized carbons (Fsp3) is 0.591. The van der Waals surface area contributed by atoms with Crippen molar-refractivity contribution < 1.29 is 24.5 Å². The highest BCUT2D eigenvalue weighted by molar-refractivity contribution is 5.94. The summed E-state index contributed by atoms with van der Waals surface area (Å²) in [7, 11) is 0. The van der Waals surface area contributed by atoms with Crippen LogP contribution in [0.5, 0.6) is 5.75 Å². The van der Waals surface area contributed by atoms with Gasteiger partial charge in [0.05, 0.1) is 18.9 Å². The minimum atomic E-state index is -1.65. The Morgan fingerprint density at radius 1 is 1.26 bits per heavy atom. The predicted octanol–water partition coefficient (Wildman–Crippen LogP) is 1.56. The molecule has 3 N–H and O–H groups in total. The second kappa shape index (κ2) is 8.22. The molecule has 2 aromatic rings. The zero-order valence-corrected chi connectivity index (χ0v) is 17.3. The number of benzene rings is 1. The van der Waals surface area contributed by atoms with E-state index in [0.717, 1.165) is 12.1 Å². The molecule has 166 valence electrons. The van der Waals surface area contributed by atoms with Gasteiger partial charge in [-0.3, -0.25) is 4.79 Å². The maximum atomic E-state index is 12.6. The van der Waals surface area contributed by atoms with E-state index in [1.165, 1.54) is 44.2 Å². The molecule has 2 saturated heterocycles. The highest BCUT2D eigenvalue weighted by atomic mass is 16.7. The first-order chi connectivity index (χ1) is 15.0. The number of amides is 1. The Morgan fingerprint density at radius 2 is 2.10 bits per heavy atom. The molecule has 0 spiro atoms. The third-order valence-corrected chi connectivity index (χ3v) is 6.72. The van der Waals surface area contributed by atoms with E-state index >= 15 is 0 Å².